The summed E-state index contributed by atoms with van der Waals surface area (Å²) in [4.78, 5) is 15.7. The minimum Gasteiger partial charge on any atom is -0.468 e. The van der Waals surface area contributed by atoms with Crippen molar-refractivity contribution in [3.8, 4) is 5.69 Å². The van der Waals surface area contributed by atoms with Crippen LogP contribution in [-0.2, 0) is 12.8 Å². The van der Waals surface area contributed by atoms with Gasteiger partial charge in [0, 0.05) is 17.8 Å². The zero-order valence-electron chi connectivity index (χ0n) is 18.1. The highest BCUT2D eigenvalue weighted by atomic mass is 16.3. The molecule has 2 aromatic heterocycles. The molecule has 162 valence electrons. The quantitative estimate of drug-likeness (QED) is 0.651. The molecule has 1 unspecified atom stereocenters. The Hall–Kier alpha value is -2.86. The third-order valence-electron chi connectivity index (χ3n) is 6.65. The van der Waals surface area contributed by atoms with Crippen LogP contribution in [0.3, 0.4) is 0 Å². The maximum atomic E-state index is 13.3. The fourth-order valence-corrected chi connectivity index (χ4v) is 5.01. The summed E-state index contributed by atoms with van der Waals surface area (Å²) >= 11 is 0. The second-order valence-electron chi connectivity index (χ2n) is 8.66. The standard InChI is InChI=1S/C25H30N4O2/c1-18-9-3-4-11-20(18)29-21-12-7-10-19(21)24(27-29)25(30)26-17-22(23-13-8-16-31-23)28-14-5-2-6-15-28/h3-4,8-9,11,13,16,22H,2,5-7,10,12,14-15,17H2,1H3,(H,26,30). The smallest absolute Gasteiger partial charge is 0.272 e. The predicted octanol–water partition coefficient (Wildman–Crippen LogP) is 4.22. The van der Waals surface area contributed by atoms with Crippen LogP contribution >= 0.6 is 0 Å². The van der Waals surface area contributed by atoms with Crippen molar-refractivity contribution in [3.05, 3.63) is 70.9 Å². The molecule has 1 aliphatic heterocycles. The van der Waals surface area contributed by atoms with Gasteiger partial charge < -0.3 is 9.73 Å². The molecule has 31 heavy (non-hydrogen) atoms. The number of rotatable bonds is 6. The predicted molar refractivity (Wildman–Crippen MR) is 120 cm³/mol. The maximum absolute atomic E-state index is 13.3. The van der Waals surface area contributed by atoms with Gasteiger partial charge in [-0.05, 0) is 75.9 Å². The van der Waals surface area contributed by atoms with Crippen molar-refractivity contribution in [1.82, 2.24) is 20.0 Å². The number of hydrogen-bond acceptors (Lipinski definition) is 4. The molecule has 0 radical (unpaired) electrons. The van der Waals surface area contributed by atoms with Gasteiger partial charge in [0.05, 0.1) is 18.0 Å². The fourth-order valence-electron chi connectivity index (χ4n) is 5.01. The van der Waals surface area contributed by atoms with E-state index in [1.54, 1.807) is 6.26 Å². The summed E-state index contributed by atoms with van der Waals surface area (Å²) in [6, 6.07) is 12.2. The number of fused-ring (bicyclic) bond motifs is 1. The molecule has 2 aliphatic rings. The summed E-state index contributed by atoms with van der Waals surface area (Å²) in [7, 11) is 0. The van der Waals surface area contributed by atoms with Gasteiger partial charge in [0.25, 0.3) is 5.91 Å². The van der Waals surface area contributed by atoms with Crippen LogP contribution in [0.4, 0.5) is 0 Å². The first kappa shape index (κ1) is 20.1. The van der Waals surface area contributed by atoms with Crippen molar-refractivity contribution in [2.45, 2.75) is 51.5 Å². The average molecular weight is 419 g/mol. The van der Waals surface area contributed by atoms with E-state index in [0.29, 0.717) is 12.2 Å². The molecule has 1 saturated heterocycles. The van der Waals surface area contributed by atoms with Gasteiger partial charge in [0.15, 0.2) is 5.69 Å². The van der Waals surface area contributed by atoms with Crippen LogP contribution in [0.1, 0.15) is 64.8 Å². The number of hydrogen-bond donors (Lipinski definition) is 1. The molecule has 0 bridgehead atoms. The average Bonchev–Trinajstić information content (AvgIpc) is 3.54. The van der Waals surface area contributed by atoms with Crippen molar-refractivity contribution in [3.63, 3.8) is 0 Å². The Kier molecular flexibility index (Phi) is 5.64. The van der Waals surface area contributed by atoms with Gasteiger partial charge in [0.2, 0.25) is 0 Å². The van der Waals surface area contributed by atoms with Crippen LogP contribution in [0.15, 0.2) is 47.1 Å². The monoisotopic (exact) mass is 418 g/mol. The van der Waals surface area contributed by atoms with Crippen LogP contribution in [0.2, 0.25) is 0 Å². The SMILES string of the molecule is Cc1ccccc1-n1nc(C(=O)NCC(c2ccco2)N2CCCCC2)c2c1CCC2. The summed E-state index contributed by atoms with van der Waals surface area (Å²) in [5, 5.41) is 7.96. The first-order chi connectivity index (χ1) is 15.2. The number of nitrogens with one attached hydrogen (secondary N) is 1. The molecule has 3 aromatic rings. The summed E-state index contributed by atoms with van der Waals surface area (Å²) in [5.74, 6) is 0.830. The van der Waals surface area contributed by atoms with Crippen molar-refractivity contribution in [2.75, 3.05) is 19.6 Å². The first-order valence-electron chi connectivity index (χ1n) is 11.4. The Morgan fingerprint density at radius 1 is 1.10 bits per heavy atom. The first-order valence-corrected chi connectivity index (χ1v) is 11.4. The van der Waals surface area contributed by atoms with Crippen LogP contribution in [0.25, 0.3) is 5.69 Å². The van der Waals surface area contributed by atoms with E-state index in [4.69, 9.17) is 9.52 Å². The minimum absolute atomic E-state index is 0.0609. The van der Waals surface area contributed by atoms with Crippen LogP contribution in [0, 0.1) is 6.92 Å². The number of aromatic nitrogens is 2. The number of para-hydroxylation sites is 1. The lowest BCUT2D eigenvalue weighted by molar-refractivity contribution is 0.0908. The molecule has 3 heterocycles. The third-order valence-corrected chi connectivity index (χ3v) is 6.65. The molecule has 1 fully saturated rings. The van der Waals surface area contributed by atoms with E-state index < -0.39 is 0 Å². The van der Waals surface area contributed by atoms with Crippen LogP contribution in [-0.4, -0.2) is 40.2 Å². The number of carbonyl (C=O) groups is 1. The Morgan fingerprint density at radius 2 is 1.94 bits per heavy atom. The number of benzene rings is 1. The lowest BCUT2D eigenvalue weighted by Gasteiger charge is -2.33. The van der Waals surface area contributed by atoms with Gasteiger partial charge in [-0.2, -0.15) is 5.10 Å². The summed E-state index contributed by atoms with van der Waals surface area (Å²) in [5.41, 5.74) is 5.08. The molecule has 5 rings (SSSR count). The summed E-state index contributed by atoms with van der Waals surface area (Å²) < 4.78 is 7.71. The lowest BCUT2D eigenvalue weighted by Crippen LogP contribution is -2.40. The third kappa shape index (κ3) is 3.92. The number of piperidine rings is 1. The number of furan rings is 1. The highest BCUT2D eigenvalue weighted by Gasteiger charge is 2.29. The number of nitrogens with zero attached hydrogens (tertiary/aromatic N) is 3. The molecule has 0 saturated carbocycles. The molecular formula is C25H30N4O2. The topological polar surface area (TPSA) is 63.3 Å². The van der Waals surface area contributed by atoms with Gasteiger partial charge in [-0.15, -0.1) is 0 Å². The number of amides is 1. The van der Waals surface area contributed by atoms with Gasteiger partial charge in [-0.3, -0.25) is 9.69 Å². The van der Waals surface area contributed by atoms with Crippen molar-refractivity contribution < 1.29 is 9.21 Å². The normalized spacial score (nSPS) is 17.5. The molecule has 6 heteroatoms. The van der Waals surface area contributed by atoms with E-state index >= 15 is 0 Å². The minimum atomic E-state index is -0.0842. The van der Waals surface area contributed by atoms with Gasteiger partial charge in [-0.1, -0.05) is 24.6 Å². The second kappa shape index (κ2) is 8.71. The molecule has 0 spiro atoms. The summed E-state index contributed by atoms with van der Waals surface area (Å²) in [6.45, 7) is 4.69. The molecule has 1 aliphatic carbocycles. The maximum Gasteiger partial charge on any atom is 0.272 e. The Morgan fingerprint density at radius 3 is 2.71 bits per heavy atom. The zero-order valence-corrected chi connectivity index (χ0v) is 18.1. The number of likely N-dealkylation sites (tertiary alicyclic amines) is 1. The highest BCUT2D eigenvalue weighted by Crippen LogP contribution is 2.29. The van der Waals surface area contributed by atoms with Gasteiger partial charge in [-0.25, -0.2) is 4.68 Å². The summed E-state index contributed by atoms with van der Waals surface area (Å²) in [6.07, 6.45) is 8.33. The number of aryl methyl sites for hydroxylation is 1. The molecule has 1 N–H and O–H groups in total. The largest absolute Gasteiger partial charge is 0.468 e. The molecule has 1 amide bonds. The van der Waals surface area contributed by atoms with E-state index in [1.165, 1.54) is 25.0 Å². The highest BCUT2D eigenvalue weighted by molar-refractivity contribution is 5.94. The Balaban J connectivity index is 1.38. The molecular weight excluding hydrogens is 388 g/mol. The van der Waals surface area contributed by atoms with Crippen molar-refractivity contribution >= 4 is 5.91 Å². The van der Waals surface area contributed by atoms with Crippen LogP contribution < -0.4 is 5.32 Å². The second-order valence-corrected chi connectivity index (χ2v) is 8.66. The lowest BCUT2D eigenvalue weighted by atomic mass is 10.1. The molecule has 6 nitrogen and oxygen atoms in total. The van der Waals surface area contributed by atoms with Gasteiger partial charge >= 0.3 is 0 Å². The van der Waals surface area contributed by atoms with E-state index in [0.717, 1.165) is 54.9 Å². The fraction of sp³-hybridized carbons (Fsp3) is 0.440. The van der Waals surface area contributed by atoms with E-state index in [9.17, 15) is 4.79 Å². The number of carbonyl (C=O) groups excluding carboxylic acids is 1. The van der Waals surface area contributed by atoms with Gasteiger partial charge in [0.1, 0.15) is 5.76 Å². The van der Waals surface area contributed by atoms with E-state index in [-0.39, 0.29) is 11.9 Å². The Labute approximate surface area is 183 Å². The van der Waals surface area contributed by atoms with E-state index in [2.05, 4.69) is 29.3 Å². The zero-order chi connectivity index (χ0) is 21.2. The van der Waals surface area contributed by atoms with Crippen molar-refractivity contribution in [2.24, 2.45) is 0 Å². The Bertz CT molecular complexity index is 1050. The van der Waals surface area contributed by atoms with Crippen molar-refractivity contribution in [1.29, 1.82) is 0 Å². The molecule has 1 aromatic carbocycles. The van der Waals surface area contributed by atoms with Crippen LogP contribution in [0.5, 0.6) is 0 Å². The van der Waals surface area contributed by atoms with E-state index in [1.807, 2.05) is 28.9 Å². The molecule has 1 atom stereocenters.